The number of likely N-dealkylation sites (N-methyl/N-ethyl adjacent to an activating group) is 1. The number of hydrogen-bond acceptors (Lipinski definition) is 4. The van der Waals surface area contributed by atoms with Gasteiger partial charge in [-0.2, -0.15) is 0 Å². The van der Waals surface area contributed by atoms with Crippen molar-refractivity contribution in [2.45, 2.75) is 25.3 Å². The second-order valence-corrected chi connectivity index (χ2v) is 4.38. The van der Waals surface area contributed by atoms with Gasteiger partial charge in [-0.25, -0.2) is 9.59 Å². The summed E-state index contributed by atoms with van der Waals surface area (Å²) in [6.07, 6.45) is 0.167. The second kappa shape index (κ2) is 9.15. The average Bonchev–Trinajstić information content (AvgIpc) is 2.26. The lowest BCUT2D eigenvalue weighted by atomic mass is 10.1. The van der Waals surface area contributed by atoms with E-state index in [1.807, 2.05) is 19.0 Å². The van der Waals surface area contributed by atoms with Crippen molar-refractivity contribution >= 4 is 18.0 Å². The van der Waals surface area contributed by atoms with Crippen molar-refractivity contribution in [2.24, 2.45) is 0 Å². The van der Waals surface area contributed by atoms with E-state index in [1.165, 1.54) is 0 Å². The minimum absolute atomic E-state index is 0.0860. The zero-order valence-electron chi connectivity index (χ0n) is 11.2. The van der Waals surface area contributed by atoms with Gasteiger partial charge in [0.05, 0.1) is 0 Å². The van der Waals surface area contributed by atoms with Crippen LogP contribution in [0, 0.1) is 0 Å². The summed E-state index contributed by atoms with van der Waals surface area (Å²) in [5.74, 6) is -2.16. The van der Waals surface area contributed by atoms with Crippen LogP contribution in [0.2, 0.25) is 0 Å². The number of carbonyl (C=O) groups is 3. The molecule has 19 heavy (non-hydrogen) atoms. The first-order valence-electron chi connectivity index (χ1n) is 5.96. The van der Waals surface area contributed by atoms with Crippen molar-refractivity contribution in [3.05, 3.63) is 0 Å². The number of rotatable bonds is 9. The number of amides is 2. The standard InChI is InChI=1S/C11H21N3O5/c1-14(2)7-6-12-11(19)13-8(10(17)18)4-3-5-9(15)16/h8H,3-7H2,1-2H3,(H,15,16)(H,17,18)(H2,12,13,19)/t8-/m1/s1. The Balaban J connectivity index is 4.01. The molecule has 4 N–H and O–H groups in total. The zero-order chi connectivity index (χ0) is 14.8. The van der Waals surface area contributed by atoms with Gasteiger partial charge in [-0.1, -0.05) is 0 Å². The second-order valence-electron chi connectivity index (χ2n) is 4.38. The predicted molar refractivity (Wildman–Crippen MR) is 68.0 cm³/mol. The largest absolute Gasteiger partial charge is 0.481 e. The van der Waals surface area contributed by atoms with Crippen molar-refractivity contribution in [3.8, 4) is 0 Å². The first-order chi connectivity index (χ1) is 8.82. The van der Waals surface area contributed by atoms with E-state index in [2.05, 4.69) is 10.6 Å². The summed E-state index contributed by atoms with van der Waals surface area (Å²) in [6.45, 7) is 1.05. The maximum absolute atomic E-state index is 11.4. The average molecular weight is 275 g/mol. The number of aliphatic carboxylic acids is 2. The molecule has 0 aromatic heterocycles. The Hall–Kier alpha value is -1.83. The van der Waals surface area contributed by atoms with Gasteiger partial charge in [-0.05, 0) is 26.9 Å². The highest BCUT2D eigenvalue weighted by Gasteiger charge is 2.19. The molecule has 8 nitrogen and oxygen atoms in total. The molecule has 0 aliphatic heterocycles. The van der Waals surface area contributed by atoms with Crippen LogP contribution in [-0.2, 0) is 9.59 Å². The predicted octanol–water partition coefficient (Wildman–Crippen LogP) is -0.445. The molecular weight excluding hydrogens is 254 g/mol. The van der Waals surface area contributed by atoms with Crippen LogP contribution < -0.4 is 10.6 Å². The molecule has 0 aliphatic rings. The van der Waals surface area contributed by atoms with Gasteiger partial charge in [0.15, 0.2) is 0 Å². The summed E-state index contributed by atoms with van der Waals surface area (Å²) in [5.41, 5.74) is 0. The lowest BCUT2D eigenvalue weighted by molar-refractivity contribution is -0.140. The molecule has 0 aliphatic carbocycles. The SMILES string of the molecule is CN(C)CCNC(=O)N[C@H](CCCC(=O)O)C(=O)O. The minimum atomic E-state index is -1.17. The van der Waals surface area contributed by atoms with Crippen molar-refractivity contribution < 1.29 is 24.6 Å². The molecule has 0 fully saturated rings. The Morgan fingerprint density at radius 1 is 1.21 bits per heavy atom. The number of carbonyl (C=O) groups excluding carboxylic acids is 1. The summed E-state index contributed by atoms with van der Waals surface area (Å²) in [4.78, 5) is 34.5. The number of hydrogen-bond donors (Lipinski definition) is 4. The van der Waals surface area contributed by atoms with Gasteiger partial charge in [-0.15, -0.1) is 0 Å². The summed E-state index contributed by atoms with van der Waals surface area (Å²) < 4.78 is 0. The van der Waals surface area contributed by atoms with E-state index in [0.717, 1.165) is 0 Å². The highest BCUT2D eigenvalue weighted by Crippen LogP contribution is 2.01. The quantitative estimate of drug-likeness (QED) is 0.453. The topological polar surface area (TPSA) is 119 Å². The van der Waals surface area contributed by atoms with E-state index >= 15 is 0 Å². The van der Waals surface area contributed by atoms with Gasteiger partial charge in [-0.3, -0.25) is 4.79 Å². The Bertz CT molecular complexity index is 319. The number of nitrogens with zero attached hydrogens (tertiary/aromatic N) is 1. The van der Waals surface area contributed by atoms with Crippen LogP contribution >= 0.6 is 0 Å². The highest BCUT2D eigenvalue weighted by molar-refractivity contribution is 5.82. The molecule has 0 rings (SSSR count). The smallest absolute Gasteiger partial charge is 0.326 e. The third kappa shape index (κ3) is 9.83. The zero-order valence-corrected chi connectivity index (χ0v) is 11.2. The molecule has 0 unspecified atom stereocenters. The molecule has 110 valence electrons. The first kappa shape index (κ1) is 17.2. The summed E-state index contributed by atoms with van der Waals surface area (Å²) in [6, 6.07) is -1.64. The highest BCUT2D eigenvalue weighted by atomic mass is 16.4. The molecule has 0 heterocycles. The van der Waals surface area contributed by atoms with E-state index < -0.39 is 24.0 Å². The van der Waals surface area contributed by atoms with Gasteiger partial charge < -0.3 is 25.7 Å². The summed E-state index contributed by atoms with van der Waals surface area (Å²) in [5, 5.41) is 22.2. The van der Waals surface area contributed by atoms with E-state index in [-0.39, 0.29) is 19.3 Å². The Morgan fingerprint density at radius 2 is 1.84 bits per heavy atom. The summed E-state index contributed by atoms with van der Waals surface area (Å²) in [7, 11) is 3.71. The van der Waals surface area contributed by atoms with Gasteiger partial charge in [0.1, 0.15) is 6.04 Å². The van der Waals surface area contributed by atoms with Crippen LogP contribution in [0.4, 0.5) is 4.79 Å². The molecular formula is C11H21N3O5. The van der Waals surface area contributed by atoms with Gasteiger partial charge in [0, 0.05) is 19.5 Å². The maximum atomic E-state index is 11.4. The minimum Gasteiger partial charge on any atom is -0.481 e. The molecule has 2 amide bonds. The van der Waals surface area contributed by atoms with Crippen LogP contribution in [0.1, 0.15) is 19.3 Å². The van der Waals surface area contributed by atoms with E-state index in [9.17, 15) is 14.4 Å². The fourth-order valence-electron chi connectivity index (χ4n) is 1.32. The number of carboxylic acid groups (broad SMARTS) is 2. The normalized spacial score (nSPS) is 11.9. The monoisotopic (exact) mass is 275 g/mol. The fraction of sp³-hybridized carbons (Fsp3) is 0.727. The van der Waals surface area contributed by atoms with Crippen LogP contribution in [0.25, 0.3) is 0 Å². The lowest BCUT2D eigenvalue weighted by Crippen LogP contribution is -2.47. The lowest BCUT2D eigenvalue weighted by Gasteiger charge is -2.15. The van der Waals surface area contributed by atoms with Gasteiger partial charge in [0.2, 0.25) is 0 Å². The van der Waals surface area contributed by atoms with Crippen LogP contribution in [0.3, 0.4) is 0 Å². The van der Waals surface area contributed by atoms with Crippen LogP contribution in [0.15, 0.2) is 0 Å². The number of nitrogens with one attached hydrogen (secondary N) is 2. The molecule has 0 saturated heterocycles. The molecule has 0 aromatic carbocycles. The molecule has 8 heteroatoms. The van der Waals surface area contributed by atoms with Crippen molar-refractivity contribution in [1.29, 1.82) is 0 Å². The molecule has 0 spiro atoms. The fourth-order valence-corrected chi connectivity index (χ4v) is 1.32. The molecule has 0 aromatic rings. The maximum Gasteiger partial charge on any atom is 0.326 e. The summed E-state index contributed by atoms with van der Waals surface area (Å²) >= 11 is 0. The van der Waals surface area contributed by atoms with Gasteiger partial charge in [0.25, 0.3) is 0 Å². The molecule has 0 saturated carbocycles. The Labute approximate surface area is 111 Å². The van der Waals surface area contributed by atoms with Crippen molar-refractivity contribution in [1.82, 2.24) is 15.5 Å². The molecule has 1 atom stereocenters. The van der Waals surface area contributed by atoms with Crippen LogP contribution in [-0.4, -0.2) is 66.3 Å². The van der Waals surface area contributed by atoms with Crippen molar-refractivity contribution in [2.75, 3.05) is 27.2 Å². The molecule has 0 bridgehead atoms. The van der Waals surface area contributed by atoms with E-state index in [1.54, 1.807) is 0 Å². The van der Waals surface area contributed by atoms with E-state index in [4.69, 9.17) is 10.2 Å². The van der Waals surface area contributed by atoms with Gasteiger partial charge >= 0.3 is 18.0 Å². The van der Waals surface area contributed by atoms with Crippen molar-refractivity contribution in [3.63, 3.8) is 0 Å². The third-order valence-electron chi connectivity index (χ3n) is 2.33. The third-order valence-corrected chi connectivity index (χ3v) is 2.33. The van der Waals surface area contributed by atoms with E-state index in [0.29, 0.717) is 13.1 Å². The molecule has 0 radical (unpaired) electrons. The Kier molecular flexibility index (Phi) is 8.27. The first-order valence-corrected chi connectivity index (χ1v) is 5.96. The Morgan fingerprint density at radius 3 is 2.32 bits per heavy atom. The number of carboxylic acids is 2. The number of urea groups is 1. The van der Waals surface area contributed by atoms with Crippen LogP contribution in [0.5, 0.6) is 0 Å².